The van der Waals surface area contributed by atoms with Gasteiger partial charge in [0.05, 0.1) is 12.3 Å². The Kier molecular flexibility index (Phi) is 9.45. The molecule has 0 atom stereocenters. The standard InChI is InChI=1S/C30H42N4O3/c1-4-21-37-29-14-13-25(22-28(29)32-16-8-5-9-17-32)30(36)33-20-19-31(3)15-10-18-34(24(2)35)27-12-7-6-11-26(27)23-33/h6-7,11-14,22H,4-5,8-10,15-21,23H2,1-3H3. The maximum absolute atomic E-state index is 14.0. The third kappa shape index (κ3) is 6.83. The average molecular weight is 507 g/mol. The number of hydrogen-bond acceptors (Lipinski definition) is 5. The minimum Gasteiger partial charge on any atom is -0.491 e. The molecular weight excluding hydrogens is 464 g/mol. The Hall–Kier alpha value is -3.06. The Morgan fingerprint density at radius 3 is 2.41 bits per heavy atom. The van der Waals surface area contributed by atoms with Crippen molar-refractivity contribution in [2.45, 2.75) is 52.5 Å². The highest BCUT2D eigenvalue weighted by Gasteiger charge is 2.24. The van der Waals surface area contributed by atoms with Crippen LogP contribution in [0.2, 0.25) is 0 Å². The number of likely N-dealkylation sites (N-methyl/N-ethyl adjacent to an activating group) is 1. The number of ether oxygens (including phenoxy) is 1. The summed E-state index contributed by atoms with van der Waals surface area (Å²) in [5.74, 6) is 0.901. The van der Waals surface area contributed by atoms with Crippen LogP contribution in [0.3, 0.4) is 0 Å². The fourth-order valence-corrected chi connectivity index (χ4v) is 5.26. The molecule has 2 heterocycles. The Morgan fingerprint density at radius 2 is 1.65 bits per heavy atom. The van der Waals surface area contributed by atoms with Crippen LogP contribution in [0.25, 0.3) is 0 Å². The lowest BCUT2D eigenvalue weighted by atomic mass is 10.1. The van der Waals surface area contributed by atoms with Gasteiger partial charge in [-0.3, -0.25) is 9.59 Å². The van der Waals surface area contributed by atoms with Gasteiger partial charge in [0.1, 0.15) is 5.75 Å². The molecule has 0 aliphatic carbocycles. The molecule has 2 aromatic rings. The van der Waals surface area contributed by atoms with E-state index in [0.29, 0.717) is 31.8 Å². The highest BCUT2D eigenvalue weighted by atomic mass is 16.5. The summed E-state index contributed by atoms with van der Waals surface area (Å²) in [6.07, 6.45) is 5.40. The van der Waals surface area contributed by atoms with E-state index >= 15 is 0 Å². The number of carbonyl (C=O) groups excluding carboxylic acids is 2. The van der Waals surface area contributed by atoms with Gasteiger partial charge in [0.2, 0.25) is 5.91 Å². The van der Waals surface area contributed by atoms with Crippen LogP contribution in [-0.2, 0) is 11.3 Å². The second-order valence-electron chi connectivity index (χ2n) is 10.3. The number of benzene rings is 2. The molecule has 0 radical (unpaired) electrons. The number of rotatable bonds is 5. The van der Waals surface area contributed by atoms with E-state index in [0.717, 1.165) is 74.6 Å². The molecule has 7 nitrogen and oxygen atoms in total. The first-order valence-corrected chi connectivity index (χ1v) is 13.8. The molecule has 2 aliphatic heterocycles. The molecule has 0 saturated carbocycles. The predicted molar refractivity (Wildman–Crippen MR) is 150 cm³/mol. The molecule has 1 saturated heterocycles. The molecular formula is C30H42N4O3. The highest BCUT2D eigenvalue weighted by Crippen LogP contribution is 2.33. The molecule has 37 heavy (non-hydrogen) atoms. The van der Waals surface area contributed by atoms with E-state index in [1.807, 2.05) is 52.3 Å². The van der Waals surface area contributed by atoms with Gasteiger partial charge < -0.3 is 24.3 Å². The summed E-state index contributed by atoms with van der Waals surface area (Å²) in [5.41, 5.74) is 3.60. The third-order valence-electron chi connectivity index (χ3n) is 7.35. The quantitative estimate of drug-likeness (QED) is 0.583. The molecule has 2 aliphatic rings. The van der Waals surface area contributed by atoms with Gasteiger partial charge in [-0.2, -0.15) is 0 Å². The summed E-state index contributed by atoms with van der Waals surface area (Å²) in [6, 6.07) is 13.9. The van der Waals surface area contributed by atoms with E-state index in [9.17, 15) is 9.59 Å². The normalized spacial score (nSPS) is 17.6. The van der Waals surface area contributed by atoms with Crippen molar-refractivity contribution in [1.29, 1.82) is 0 Å². The number of hydrogen-bond donors (Lipinski definition) is 0. The molecule has 2 amide bonds. The second kappa shape index (κ2) is 13.0. The number of fused-ring (bicyclic) bond motifs is 1. The molecule has 0 unspecified atom stereocenters. The van der Waals surface area contributed by atoms with Crippen molar-refractivity contribution in [3.05, 3.63) is 53.6 Å². The van der Waals surface area contributed by atoms with Crippen LogP contribution in [-0.4, -0.2) is 74.5 Å². The summed E-state index contributed by atoms with van der Waals surface area (Å²) in [7, 11) is 2.08. The van der Waals surface area contributed by atoms with Gasteiger partial charge in [0.15, 0.2) is 0 Å². The van der Waals surface area contributed by atoms with Crippen LogP contribution in [0.5, 0.6) is 5.75 Å². The number of amides is 2. The summed E-state index contributed by atoms with van der Waals surface area (Å²) < 4.78 is 6.08. The largest absolute Gasteiger partial charge is 0.491 e. The Bertz CT molecular complexity index is 1070. The first-order valence-electron chi connectivity index (χ1n) is 13.8. The lowest BCUT2D eigenvalue weighted by Gasteiger charge is -2.31. The van der Waals surface area contributed by atoms with E-state index in [2.05, 4.69) is 23.8 Å². The third-order valence-corrected chi connectivity index (χ3v) is 7.35. The molecule has 0 N–H and O–H groups in total. The summed E-state index contributed by atoms with van der Waals surface area (Å²) in [5, 5.41) is 0. The first-order chi connectivity index (χ1) is 18.0. The Balaban J connectivity index is 1.67. The van der Waals surface area contributed by atoms with Crippen LogP contribution in [0.4, 0.5) is 11.4 Å². The fourth-order valence-electron chi connectivity index (χ4n) is 5.26. The molecule has 2 aromatic carbocycles. The summed E-state index contributed by atoms with van der Waals surface area (Å²) in [6.45, 7) is 9.77. The van der Waals surface area contributed by atoms with Gasteiger partial charge in [0, 0.05) is 57.4 Å². The fraction of sp³-hybridized carbons (Fsp3) is 0.533. The van der Waals surface area contributed by atoms with Gasteiger partial charge in [-0.1, -0.05) is 25.1 Å². The van der Waals surface area contributed by atoms with Gasteiger partial charge in [-0.15, -0.1) is 0 Å². The maximum Gasteiger partial charge on any atom is 0.254 e. The summed E-state index contributed by atoms with van der Waals surface area (Å²) in [4.78, 5) is 34.9. The average Bonchev–Trinajstić information content (AvgIpc) is 2.95. The minimum absolute atomic E-state index is 0.0112. The molecule has 1 fully saturated rings. The number of piperidine rings is 1. The van der Waals surface area contributed by atoms with Gasteiger partial charge in [-0.05, 0) is 75.5 Å². The predicted octanol–water partition coefficient (Wildman–Crippen LogP) is 4.80. The number of para-hydroxylation sites is 1. The zero-order chi connectivity index (χ0) is 26.2. The van der Waals surface area contributed by atoms with E-state index in [4.69, 9.17) is 4.74 Å². The monoisotopic (exact) mass is 506 g/mol. The van der Waals surface area contributed by atoms with E-state index in [-0.39, 0.29) is 11.8 Å². The number of anilines is 2. The first kappa shape index (κ1) is 27.0. The van der Waals surface area contributed by atoms with Crippen LogP contribution in [0.1, 0.15) is 61.9 Å². The van der Waals surface area contributed by atoms with E-state index < -0.39 is 0 Å². The minimum atomic E-state index is 0.0112. The van der Waals surface area contributed by atoms with E-state index in [1.54, 1.807) is 6.92 Å². The van der Waals surface area contributed by atoms with Gasteiger partial charge in [-0.25, -0.2) is 0 Å². The Labute approximate surface area is 222 Å². The van der Waals surface area contributed by atoms with Crippen LogP contribution in [0, 0.1) is 0 Å². The molecule has 0 bridgehead atoms. The smallest absolute Gasteiger partial charge is 0.254 e. The molecule has 7 heteroatoms. The van der Waals surface area contributed by atoms with Crippen LogP contribution in [0.15, 0.2) is 42.5 Å². The SMILES string of the molecule is CCCOc1ccc(C(=O)N2CCN(C)CCCN(C(C)=O)c3ccccc3C2)cc1N1CCCCC1. The maximum atomic E-state index is 14.0. The van der Waals surface area contributed by atoms with Crippen molar-refractivity contribution in [1.82, 2.24) is 9.80 Å². The van der Waals surface area contributed by atoms with Gasteiger partial charge >= 0.3 is 0 Å². The van der Waals surface area contributed by atoms with Crippen molar-refractivity contribution in [3.8, 4) is 5.75 Å². The number of nitrogens with zero attached hydrogens (tertiary/aromatic N) is 4. The molecule has 0 spiro atoms. The van der Waals surface area contributed by atoms with Crippen molar-refractivity contribution in [2.75, 3.05) is 62.7 Å². The van der Waals surface area contributed by atoms with Crippen molar-refractivity contribution in [3.63, 3.8) is 0 Å². The Morgan fingerprint density at radius 1 is 0.865 bits per heavy atom. The molecule has 200 valence electrons. The lowest BCUT2D eigenvalue weighted by Crippen LogP contribution is -2.37. The van der Waals surface area contributed by atoms with Crippen molar-refractivity contribution in [2.24, 2.45) is 0 Å². The van der Waals surface area contributed by atoms with Crippen molar-refractivity contribution < 1.29 is 14.3 Å². The van der Waals surface area contributed by atoms with E-state index in [1.165, 1.54) is 6.42 Å². The summed E-state index contributed by atoms with van der Waals surface area (Å²) >= 11 is 0. The highest BCUT2D eigenvalue weighted by molar-refractivity contribution is 5.96. The van der Waals surface area contributed by atoms with Crippen molar-refractivity contribution >= 4 is 23.2 Å². The zero-order valence-corrected chi connectivity index (χ0v) is 22.7. The number of carbonyl (C=O) groups is 2. The lowest BCUT2D eigenvalue weighted by molar-refractivity contribution is -0.116. The second-order valence-corrected chi connectivity index (χ2v) is 10.3. The topological polar surface area (TPSA) is 56.3 Å². The van der Waals surface area contributed by atoms with Crippen LogP contribution < -0.4 is 14.5 Å². The molecule has 0 aromatic heterocycles. The van der Waals surface area contributed by atoms with Crippen LogP contribution >= 0.6 is 0 Å². The molecule has 4 rings (SSSR count). The van der Waals surface area contributed by atoms with Gasteiger partial charge in [0.25, 0.3) is 5.91 Å². The zero-order valence-electron chi connectivity index (χ0n) is 22.7.